The quantitative estimate of drug-likeness (QED) is 0.111. The van der Waals surface area contributed by atoms with E-state index in [-0.39, 0.29) is 18.1 Å². The molecule has 5 aromatic carbocycles. The van der Waals surface area contributed by atoms with E-state index in [0.29, 0.717) is 5.56 Å². The van der Waals surface area contributed by atoms with Crippen molar-refractivity contribution in [3.05, 3.63) is 161 Å². The predicted octanol–water partition coefficient (Wildman–Crippen LogP) is 8.62. The van der Waals surface area contributed by atoms with E-state index in [1.165, 1.54) is 11.8 Å². The van der Waals surface area contributed by atoms with Gasteiger partial charge >= 0.3 is 18.1 Å². The van der Waals surface area contributed by atoms with Crippen LogP contribution in [0.15, 0.2) is 138 Å². The summed E-state index contributed by atoms with van der Waals surface area (Å²) >= 11 is 1.32. The molecule has 9 heteroatoms. The van der Waals surface area contributed by atoms with E-state index < -0.39 is 47.9 Å². The third-order valence-electron chi connectivity index (χ3n) is 9.07. The lowest BCUT2D eigenvalue weighted by molar-refractivity contribution is -0.199. The van der Waals surface area contributed by atoms with Crippen molar-refractivity contribution in [3.63, 3.8) is 0 Å². The SMILES string of the molecule is Cc1ccc(S[C@@H]2O[C@@H](C)[C@H](OC(=O)OCC3c4ccccc4-c4ccccc43)[C@@H](OC(=O)c3ccccc3)[C@H]2OC(=O)c2ccccc2)cc1. The molecule has 1 aliphatic carbocycles. The minimum Gasteiger partial charge on any atom is -0.451 e. The van der Waals surface area contributed by atoms with E-state index in [2.05, 4.69) is 12.1 Å². The molecule has 0 aromatic heterocycles. The molecule has 0 amide bonds. The van der Waals surface area contributed by atoms with Crippen LogP contribution in [-0.4, -0.2) is 54.6 Å². The molecule has 51 heavy (non-hydrogen) atoms. The number of hydrogen-bond donors (Lipinski definition) is 0. The third kappa shape index (κ3) is 7.55. The van der Waals surface area contributed by atoms with Crippen molar-refractivity contribution in [1.82, 2.24) is 0 Å². The molecule has 0 saturated carbocycles. The van der Waals surface area contributed by atoms with Crippen LogP contribution in [-0.2, 0) is 23.7 Å². The standard InChI is InChI=1S/C42H36O8S/c1-26-21-23-30(24-22-26)51-41-38(49-40(44)29-15-7-4-8-16-29)37(48-39(43)28-13-5-3-6-14-28)36(27(2)47-41)50-42(45)46-25-35-33-19-11-9-17-31(33)32-18-10-12-20-34(32)35/h3-24,27,35-38,41H,25H2,1-2H3/t27-,36-,37+,38+,41-/m0/s1. The van der Waals surface area contributed by atoms with Crippen LogP contribution in [0.4, 0.5) is 4.79 Å². The maximum absolute atomic E-state index is 13.6. The molecule has 2 aliphatic rings. The van der Waals surface area contributed by atoms with Crippen LogP contribution in [0.1, 0.15) is 50.2 Å². The van der Waals surface area contributed by atoms with Gasteiger partial charge in [-0.1, -0.05) is 114 Å². The number of ether oxygens (including phenoxy) is 5. The van der Waals surface area contributed by atoms with Crippen molar-refractivity contribution in [2.75, 3.05) is 6.61 Å². The second-order valence-corrected chi connectivity index (χ2v) is 13.7. The van der Waals surface area contributed by atoms with Gasteiger partial charge in [-0.05, 0) is 72.5 Å². The number of carbonyl (C=O) groups excluding carboxylic acids is 3. The summed E-state index contributed by atoms with van der Waals surface area (Å²) in [5, 5.41) is 0. The molecule has 5 aromatic rings. The number of carbonyl (C=O) groups is 3. The van der Waals surface area contributed by atoms with Crippen LogP contribution >= 0.6 is 11.8 Å². The van der Waals surface area contributed by atoms with Gasteiger partial charge in [-0.25, -0.2) is 14.4 Å². The number of hydrogen-bond acceptors (Lipinski definition) is 9. The van der Waals surface area contributed by atoms with E-state index in [0.717, 1.165) is 32.7 Å². The second-order valence-electron chi connectivity index (χ2n) is 12.5. The summed E-state index contributed by atoms with van der Waals surface area (Å²) in [5.41, 5.74) is 5.14. The maximum Gasteiger partial charge on any atom is 0.508 e. The van der Waals surface area contributed by atoms with Gasteiger partial charge in [0.1, 0.15) is 12.0 Å². The van der Waals surface area contributed by atoms with Gasteiger partial charge in [-0.2, -0.15) is 0 Å². The summed E-state index contributed by atoms with van der Waals surface area (Å²) < 4.78 is 30.4. The highest BCUT2D eigenvalue weighted by Gasteiger charge is 2.52. The summed E-state index contributed by atoms with van der Waals surface area (Å²) in [7, 11) is 0. The van der Waals surface area contributed by atoms with Crippen LogP contribution in [0.5, 0.6) is 0 Å². The molecule has 0 N–H and O–H groups in total. The largest absolute Gasteiger partial charge is 0.508 e. The third-order valence-corrected chi connectivity index (χ3v) is 10.2. The van der Waals surface area contributed by atoms with Gasteiger partial charge in [-0.3, -0.25) is 0 Å². The van der Waals surface area contributed by atoms with Crippen molar-refractivity contribution in [3.8, 4) is 11.1 Å². The fourth-order valence-electron chi connectivity index (χ4n) is 6.51. The minimum atomic E-state index is -1.25. The van der Waals surface area contributed by atoms with E-state index in [1.807, 2.05) is 67.6 Å². The Labute approximate surface area is 300 Å². The monoisotopic (exact) mass is 700 g/mol. The lowest BCUT2D eigenvalue weighted by Gasteiger charge is -2.43. The fourth-order valence-corrected chi connectivity index (χ4v) is 7.65. The molecule has 5 atom stereocenters. The Hall–Kier alpha value is -5.38. The number of benzene rings is 5. The zero-order valence-electron chi connectivity index (χ0n) is 28.0. The van der Waals surface area contributed by atoms with Crippen molar-refractivity contribution >= 4 is 29.9 Å². The Kier molecular flexibility index (Phi) is 10.2. The normalized spacial score (nSPS) is 20.8. The summed E-state index contributed by atoms with van der Waals surface area (Å²) in [6.07, 6.45) is -5.36. The first kappa shape index (κ1) is 34.1. The number of aryl methyl sites for hydroxylation is 1. The molecule has 0 bridgehead atoms. The van der Waals surface area contributed by atoms with Crippen LogP contribution < -0.4 is 0 Å². The molecule has 7 rings (SSSR count). The molecule has 1 saturated heterocycles. The van der Waals surface area contributed by atoms with E-state index in [4.69, 9.17) is 23.7 Å². The molecule has 1 heterocycles. The lowest BCUT2D eigenvalue weighted by atomic mass is 9.98. The fraction of sp³-hybridized carbons (Fsp3) is 0.214. The maximum atomic E-state index is 13.6. The highest BCUT2D eigenvalue weighted by atomic mass is 32.2. The molecule has 1 aliphatic heterocycles. The van der Waals surface area contributed by atoms with Crippen molar-refractivity contribution in [2.24, 2.45) is 0 Å². The van der Waals surface area contributed by atoms with Gasteiger partial charge in [0.05, 0.1) is 17.2 Å². The molecule has 0 spiro atoms. The zero-order chi connectivity index (χ0) is 35.3. The average Bonchev–Trinajstić information content (AvgIpc) is 3.48. The summed E-state index contributed by atoms with van der Waals surface area (Å²) in [5.74, 6) is -1.50. The Morgan fingerprint density at radius 2 is 1.12 bits per heavy atom. The van der Waals surface area contributed by atoms with E-state index in [1.54, 1.807) is 67.6 Å². The molecule has 258 valence electrons. The summed E-state index contributed by atoms with van der Waals surface area (Å²) in [6, 6.07) is 40.9. The van der Waals surface area contributed by atoms with Gasteiger partial charge in [-0.15, -0.1) is 0 Å². The molecular formula is C42H36O8S. The van der Waals surface area contributed by atoms with Gasteiger partial charge in [0.25, 0.3) is 0 Å². The van der Waals surface area contributed by atoms with Gasteiger partial charge in [0, 0.05) is 10.8 Å². The van der Waals surface area contributed by atoms with Gasteiger partial charge < -0.3 is 23.7 Å². The first-order chi connectivity index (χ1) is 24.9. The molecular weight excluding hydrogens is 665 g/mol. The van der Waals surface area contributed by atoms with E-state index >= 15 is 0 Å². The predicted molar refractivity (Wildman–Crippen MR) is 193 cm³/mol. The van der Waals surface area contributed by atoms with Crippen LogP contribution in [0.2, 0.25) is 0 Å². The summed E-state index contributed by atoms with van der Waals surface area (Å²) in [4.78, 5) is 41.6. The molecule has 0 radical (unpaired) electrons. The molecule has 0 unspecified atom stereocenters. The van der Waals surface area contributed by atoms with Crippen molar-refractivity contribution in [2.45, 2.75) is 54.5 Å². The Balaban J connectivity index is 1.17. The Morgan fingerprint density at radius 1 is 0.608 bits per heavy atom. The van der Waals surface area contributed by atoms with Crippen molar-refractivity contribution < 1.29 is 38.1 Å². The number of rotatable bonds is 9. The first-order valence-electron chi connectivity index (χ1n) is 16.8. The number of thioether (sulfide) groups is 1. The molecule has 1 fully saturated rings. The van der Waals surface area contributed by atoms with Gasteiger partial charge in [0.2, 0.25) is 0 Å². The number of esters is 2. The average molecular weight is 701 g/mol. The Bertz CT molecular complexity index is 1950. The zero-order valence-corrected chi connectivity index (χ0v) is 28.9. The smallest absolute Gasteiger partial charge is 0.451 e. The summed E-state index contributed by atoms with van der Waals surface area (Å²) in [6.45, 7) is 3.74. The van der Waals surface area contributed by atoms with Crippen LogP contribution in [0, 0.1) is 6.92 Å². The van der Waals surface area contributed by atoms with Crippen molar-refractivity contribution in [1.29, 1.82) is 0 Å². The lowest BCUT2D eigenvalue weighted by Crippen LogP contribution is -2.60. The van der Waals surface area contributed by atoms with E-state index in [9.17, 15) is 14.4 Å². The van der Waals surface area contributed by atoms with Crippen LogP contribution in [0.3, 0.4) is 0 Å². The number of fused-ring (bicyclic) bond motifs is 3. The minimum absolute atomic E-state index is 0.0294. The highest BCUT2D eigenvalue weighted by Crippen LogP contribution is 2.45. The second kappa shape index (κ2) is 15.2. The Morgan fingerprint density at radius 3 is 1.69 bits per heavy atom. The van der Waals surface area contributed by atoms with Crippen LogP contribution in [0.25, 0.3) is 11.1 Å². The molecule has 8 nitrogen and oxygen atoms in total. The van der Waals surface area contributed by atoms with Gasteiger partial charge in [0.15, 0.2) is 18.3 Å². The first-order valence-corrected chi connectivity index (χ1v) is 17.7. The highest BCUT2D eigenvalue weighted by molar-refractivity contribution is 7.99. The topological polar surface area (TPSA) is 97.4 Å².